The van der Waals surface area contributed by atoms with Crippen LogP contribution in [0.5, 0.6) is 0 Å². The van der Waals surface area contributed by atoms with Crippen LogP contribution in [-0.2, 0) is 0 Å². The third-order valence-electron chi connectivity index (χ3n) is 5.99. The van der Waals surface area contributed by atoms with E-state index < -0.39 is 0 Å². The van der Waals surface area contributed by atoms with Crippen molar-refractivity contribution in [3.05, 3.63) is 82.3 Å². The fourth-order valence-corrected chi connectivity index (χ4v) is 4.11. The highest BCUT2D eigenvalue weighted by molar-refractivity contribution is 5.88. The molecule has 35 heavy (non-hydrogen) atoms. The van der Waals surface area contributed by atoms with Crippen molar-refractivity contribution in [3.8, 4) is 40.9 Å². The number of aliphatic imine (C=N–C) groups is 1. The van der Waals surface area contributed by atoms with Crippen LogP contribution in [0.25, 0.3) is 28.7 Å². The van der Waals surface area contributed by atoms with Gasteiger partial charge in [-0.1, -0.05) is 0 Å². The van der Waals surface area contributed by atoms with Gasteiger partial charge in [0.05, 0.1) is 18.1 Å². The van der Waals surface area contributed by atoms with Crippen LogP contribution in [0.1, 0.15) is 39.4 Å². The van der Waals surface area contributed by atoms with Crippen LogP contribution in [-0.4, -0.2) is 10.8 Å². The van der Waals surface area contributed by atoms with Crippen molar-refractivity contribution in [2.24, 2.45) is 4.99 Å². The van der Waals surface area contributed by atoms with Crippen molar-refractivity contribution in [1.29, 1.82) is 10.5 Å². The molecule has 8 nitrogen and oxygen atoms in total. The van der Waals surface area contributed by atoms with E-state index >= 15 is 0 Å². The molecule has 8 heteroatoms. The number of nitrogens with zero attached hydrogens (tertiary/aromatic N) is 4. The molecule has 0 unspecified atom stereocenters. The van der Waals surface area contributed by atoms with Crippen LogP contribution < -0.4 is 0 Å². The molecule has 5 aromatic heterocycles. The molecule has 0 radical (unpaired) electrons. The highest BCUT2D eigenvalue weighted by Gasteiger charge is 2.26. The fraction of sp³-hybridized carbons (Fsp3) is 0.148. The van der Waals surface area contributed by atoms with Gasteiger partial charge in [0.2, 0.25) is 11.8 Å². The van der Waals surface area contributed by atoms with E-state index in [4.69, 9.17) is 17.7 Å². The van der Waals surface area contributed by atoms with Crippen molar-refractivity contribution >= 4 is 12.1 Å². The average Bonchev–Trinajstić information content (AvgIpc) is 3.65. The summed E-state index contributed by atoms with van der Waals surface area (Å²) < 4.78 is 24.9. The standard InChI is InChI=1S/C27H20N4O4/c1-15-11-19(17(3)31(15)27-20(12-28)16(2)18(4)34-27)14-30-26-21(13-29)24(22-7-5-9-32-22)25(35-26)23-8-6-10-33-23/h5-11,14H,1-4H3. The molecule has 0 aliphatic rings. The van der Waals surface area contributed by atoms with Gasteiger partial charge in [-0.2, -0.15) is 10.5 Å². The lowest BCUT2D eigenvalue weighted by Crippen LogP contribution is -2.00. The van der Waals surface area contributed by atoms with Crippen molar-refractivity contribution in [1.82, 2.24) is 4.57 Å². The summed E-state index contributed by atoms with van der Waals surface area (Å²) in [5, 5.41) is 19.6. The van der Waals surface area contributed by atoms with Gasteiger partial charge in [0, 0.05) is 28.7 Å². The zero-order valence-corrected chi connectivity index (χ0v) is 19.5. The molecule has 0 aliphatic carbocycles. The second kappa shape index (κ2) is 8.44. The molecule has 0 fully saturated rings. The number of furan rings is 4. The van der Waals surface area contributed by atoms with Gasteiger partial charge in [-0.25, -0.2) is 4.99 Å². The van der Waals surface area contributed by atoms with Crippen LogP contribution in [0.3, 0.4) is 0 Å². The predicted octanol–water partition coefficient (Wildman–Crippen LogP) is 6.91. The van der Waals surface area contributed by atoms with Gasteiger partial charge >= 0.3 is 0 Å². The normalized spacial score (nSPS) is 11.3. The summed E-state index contributed by atoms with van der Waals surface area (Å²) in [7, 11) is 0. The fourth-order valence-electron chi connectivity index (χ4n) is 4.11. The maximum Gasteiger partial charge on any atom is 0.238 e. The van der Waals surface area contributed by atoms with E-state index in [1.807, 2.05) is 38.3 Å². The van der Waals surface area contributed by atoms with Crippen LogP contribution in [0.4, 0.5) is 5.88 Å². The van der Waals surface area contributed by atoms with Gasteiger partial charge in [0.15, 0.2) is 11.5 Å². The topological polar surface area (TPSA) is 117 Å². The zero-order valence-electron chi connectivity index (χ0n) is 19.5. The summed E-state index contributed by atoms with van der Waals surface area (Å²) >= 11 is 0. The second-order valence-corrected chi connectivity index (χ2v) is 8.05. The van der Waals surface area contributed by atoms with Gasteiger partial charge in [-0.05, 0) is 58.0 Å². The Balaban J connectivity index is 1.61. The minimum atomic E-state index is 0.137. The Bertz CT molecular complexity index is 1640. The first-order valence-electron chi connectivity index (χ1n) is 10.8. The van der Waals surface area contributed by atoms with E-state index in [9.17, 15) is 10.5 Å². The third-order valence-corrected chi connectivity index (χ3v) is 5.99. The Morgan fingerprint density at radius 1 is 0.914 bits per heavy atom. The lowest BCUT2D eigenvalue weighted by molar-refractivity contribution is 0.503. The Morgan fingerprint density at radius 2 is 1.60 bits per heavy atom. The lowest BCUT2D eigenvalue weighted by Gasteiger charge is -2.06. The average molecular weight is 464 g/mol. The molecule has 0 bridgehead atoms. The highest BCUT2D eigenvalue weighted by atomic mass is 16.4. The molecule has 0 aliphatic heterocycles. The van der Waals surface area contributed by atoms with Crippen LogP contribution >= 0.6 is 0 Å². The van der Waals surface area contributed by atoms with Crippen LogP contribution in [0, 0.1) is 50.4 Å². The Morgan fingerprint density at radius 3 is 2.23 bits per heavy atom. The van der Waals surface area contributed by atoms with E-state index in [1.165, 1.54) is 12.5 Å². The minimum Gasteiger partial charge on any atom is -0.464 e. The molecular formula is C27H20N4O4. The summed E-state index contributed by atoms with van der Waals surface area (Å²) in [4.78, 5) is 4.52. The van der Waals surface area contributed by atoms with Crippen molar-refractivity contribution in [2.75, 3.05) is 0 Å². The number of hydrogen-bond acceptors (Lipinski definition) is 7. The summed E-state index contributed by atoms with van der Waals surface area (Å²) in [6.07, 6.45) is 4.69. The minimum absolute atomic E-state index is 0.137. The smallest absolute Gasteiger partial charge is 0.238 e. The highest BCUT2D eigenvalue weighted by Crippen LogP contribution is 2.43. The monoisotopic (exact) mass is 464 g/mol. The van der Waals surface area contributed by atoms with Gasteiger partial charge in [-0.15, -0.1) is 0 Å². The third kappa shape index (κ3) is 3.49. The number of nitriles is 2. The molecule has 172 valence electrons. The molecule has 0 N–H and O–H groups in total. The quantitative estimate of drug-likeness (QED) is 0.261. The molecule has 0 amide bonds. The molecule has 0 atom stereocenters. The number of rotatable bonds is 5. The number of aryl methyl sites for hydroxylation is 2. The first-order chi connectivity index (χ1) is 16.9. The Kier molecular flexibility index (Phi) is 5.27. The molecule has 5 rings (SSSR count). The summed E-state index contributed by atoms with van der Waals surface area (Å²) in [5.74, 6) is 2.61. The summed E-state index contributed by atoms with van der Waals surface area (Å²) in [5.41, 5.74) is 4.52. The van der Waals surface area contributed by atoms with Gasteiger partial charge in [-0.3, -0.25) is 4.57 Å². The second-order valence-electron chi connectivity index (χ2n) is 8.05. The number of aromatic nitrogens is 1. The van der Waals surface area contributed by atoms with E-state index in [-0.39, 0.29) is 11.4 Å². The van der Waals surface area contributed by atoms with E-state index in [0.29, 0.717) is 40.1 Å². The molecule has 0 saturated carbocycles. The molecular weight excluding hydrogens is 444 g/mol. The van der Waals surface area contributed by atoms with E-state index in [2.05, 4.69) is 17.1 Å². The van der Waals surface area contributed by atoms with Crippen molar-refractivity contribution < 1.29 is 17.7 Å². The molecule has 5 aromatic rings. The maximum atomic E-state index is 9.94. The van der Waals surface area contributed by atoms with Crippen LogP contribution in [0.2, 0.25) is 0 Å². The maximum absolute atomic E-state index is 9.94. The Hall–Kier alpha value is -4.95. The number of hydrogen-bond donors (Lipinski definition) is 0. The summed E-state index contributed by atoms with van der Waals surface area (Å²) in [6.45, 7) is 7.55. The van der Waals surface area contributed by atoms with E-state index in [0.717, 1.165) is 22.5 Å². The van der Waals surface area contributed by atoms with Gasteiger partial charge < -0.3 is 17.7 Å². The molecule has 0 aromatic carbocycles. The zero-order chi connectivity index (χ0) is 24.7. The lowest BCUT2D eigenvalue weighted by atomic mass is 10.1. The first kappa shape index (κ1) is 21.9. The van der Waals surface area contributed by atoms with Gasteiger partial charge in [0.25, 0.3) is 0 Å². The first-order valence-corrected chi connectivity index (χ1v) is 10.8. The molecule has 5 heterocycles. The molecule has 0 spiro atoms. The van der Waals surface area contributed by atoms with Crippen LogP contribution in [0.15, 0.2) is 65.5 Å². The Labute approximate surface area is 200 Å². The SMILES string of the molecule is Cc1oc(-n2c(C)cc(C=Nc3oc(-c4ccco4)c(-c4ccco4)c3C#N)c2C)c(C#N)c1C. The summed E-state index contributed by atoms with van der Waals surface area (Å²) in [6, 6.07) is 13.3. The van der Waals surface area contributed by atoms with Crippen molar-refractivity contribution in [2.45, 2.75) is 27.7 Å². The van der Waals surface area contributed by atoms with Gasteiger partial charge in [0.1, 0.15) is 34.8 Å². The van der Waals surface area contributed by atoms with Crippen molar-refractivity contribution in [3.63, 3.8) is 0 Å². The predicted molar refractivity (Wildman–Crippen MR) is 128 cm³/mol. The molecule has 0 saturated heterocycles. The van der Waals surface area contributed by atoms with E-state index in [1.54, 1.807) is 30.5 Å². The largest absolute Gasteiger partial charge is 0.464 e.